The summed E-state index contributed by atoms with van der Waals surface area (Å²) in [5.41, 5.74) is 5.39. The summed E-state index contributed by atoms with van der Waals surface area (Å²) in [6.07, 6.45) is 4.48. The monoisotopic (exact) mass is 528 g/mol. The fraction of sp³-hybridized carbons (Fsp3) is 0.152. The van der Waals surface area contributed by atoms with Crippen molar-refractivity contribution in [3.8, 4) is 11.5 Å². The van der Waals surface area contributed by atoms with Gasteiger partial charge in [-0.25, -0.2) is 4.98 Å². The fourth-order valence-electron chi connectivity index (χ4n) is 5.81. The number of aliphatic hydroxyl groups excluding tert-OH is 1. The Labute approximate surface area is 231 Å². The number of imidazole rings is 1. The van der Waals surface area contributed by atoms with Crippen LogP contribution in [0, 0.1) is 0 Å². The molecule has 0 saturated heterocycles. The molecule has 6 aromatic rings. The summed E-state index contributed by atoms with van der Waals surface area (Å²) in [6, 6.07) is 35.6. The average molecular weight is 529 g/mol. The third-order valence-corrected chi connectivity index (χ3v) is 7.58. The zero-order valence-corrected chi connectivity index (χ0v) is 21.9. The molecule has 0 radical (unpaired) electrons. The first-order valence-electron chi connectivity index (χ1n) is 13.4. The Bertz CT molecular complexity index is 1670. The molecule has 0 aliphatic carbocycles. The summed E-state index contributed by atoms with van der Waals surface area (Å²) >= 11 is 0. The van der Waals surface area contributed by atoms with Crippen molar-refractivity contribution in [1.82, 2.24) is 19.3 Å². The standard InChI is InChI=1S/C33H28N4O3/c38-17-16-29-28-18-31-32(40-23-39-31)19-30(28)37(35-29)21-27-20-36(22-34-27)33(24-10-4-1-5-11-24,25-12-6-2-7-13-25)26-14-8-3-9-15-26/h1-15,18-20,22,38H,16-17,21,23H2. The van der Waals surface area contributed by atoms with Gasteiger partial charge in [-0.1, -0.05) is 91.0 Å². The van der Waals surface area contributed by atoms with Crippen molar-refractivity contribution in [3.05, 3.63) is 144 Å². The number of aromatic nitrogens is 4. The van der Waals surface area contributed by atoms with Gasteiger partial charge in [0.05, 0.1) is 29.8 Å². The van der Waals surface area contributed by atoms with Gasteiger partial charge in [-0.2, -0.15) is 5.10 Å². The number of rotatable bonds is 8. The molecule has 7 rings (SSSR count). The fourth-order valence-corrected chi connectivity index (χ4v) is 5.81. The summed E-state index contributed by atoms with van der Waals surface area (Å²) in [6.45, 7) is 0.682. The normalized spacial score (nSPS) is 12.7. The molecule has 2 aromatic heterocycles. The third-order valence-electron chi connectivity index (χ3n) is 7.58. The molecular weight excluding hydrogens is 500 g/mol. The second-order valence-electron chi connectivity index (χ2n) is 9.88. The smallest absolute Gasteiger partial charge is 0.231 e. The Kier molecular flexibility index (Phi) is 6.06. The third kappa shape index (κ3) is 3.94. The summed E-state index contributed by atoms with van der Waals surface area (Å²) < 4.78 is 15.4. The maximum absolute atomic E-state index is 9.67. The SMILES string of the molecule is OCCc1nn(Cc2cn(C(c3ccccc3)(c3ccccc3)c3ccccc3)cn2)c2cc3c(cc12)OCO3. The molecule has 0 fully saturated rings. The molecule has 1 aliphatic rings. The van der Waals surface area contributed by atoms with E-state index in [9.17, 15) is 5.11 Å². The minimum Gasteiger partial charge on any atom is -0.454 e. The predicted molar refractivity (Wildman–Crippen MR) is 153 cm³/mol. The minimum atomic E-state index is -0.630. The van der Waals surface area contributed by atoms with Crippen molar-refractivity contribution in [2.75, 3.05) is 13.4 Å². The Morgan fingerprint density at radius 1 is 0.775 bits per heavy atom. The lowest BCUT2D eigenvalue weighted by Crippen LogP contribution is -2.36. The lowest BCUT2D eigenvalue weighted by Gasteiger charge is -2.37. The second kappa shape index (κ2) is 10.0. The van der Waals surface area contributed by atoms with Gasteiger partial charge in [0.25, 0.3) is 0 Å². The quantitative estimate of drug-likeness (QED) is 0.268. The lowest BCUT2D eigenvalue weighted by molar-refractivity contribution is 0.174. The van der Waals surface area contributed by atoms with Crippen molar-refractivity contribution in [2.45, 2.75) is 18.5 Å². The van der Waals surface area contributed by atoms with Crippen LogP contribution in [-0.2, 0) is 18.5 Å². The van der Waals surface area contributed by atoms with E-state index in [4.69, 9.17) is 19.6 Å². The molecule has 198 valence electrons. The van der Waals surface area contributed by atoms with E-state index in [1.807, 2.05) is 41.3 Å². The molecule has 7 nitrogen and oxygen atoms in total. The summed E-state index contributed by atoms with van der Waals surface area (Å²) in [5.74, 6) is 1.40. The number of benzene rings is 4. The van der Waals surface area contributed by atoms with Gasteiger partial charge in [0.15, 0.2) is 11.5 Å². The van der Waals surface area contributed by atoms with Gasteiger partial charge in [0, 0.05) is 30.7 Å². The zero-order valence-electron chi connectivity index (χ0n) is 21.9. The van der Waals surface area contributed by atoms with E-state index in [1.165, 1.54) is 0 Å². The molecule has 1 aliphatic heterocycles. The predicted octanol–water partition coefficient (Wildman–Crippen LogP) is 5.38. The van der Waals surface area contributed by atoms with Crippen LogP contribution in [0.15, 0.2) is 116 Å². The van der Waals surface area contributed by atoms with Crippen molar-refractivity contribution in [3.63, 3.8) is 0 Å². The lowest BCUT2D eigenvalue weighted by atomic mass is 9.77. The highest BCUT2D eigenvalue weighted by atomic mass is 16.7. The Morgan fingerprint density at radius 2 is 1.35 bits per heavy atom. The molecule has 3 heterocycles. The minimum absolute atomic E-state index is 0.0168. The van der Waals surface area contributed by atoms with Crippen LogP contribution in [0.3, 0.4) is 0 Å². The molecule has 7 heteroatoms. The second-order valence-corrected chi connectivity index (χ2v) is 9.88. The van der Waals surface area contributed by atoms with Crippen LogP contribution < -0.4 is 9.47 Å². The Morgan fingerprint density at radius 3 is 1.93 bits per heavy atom. The summed E-state index contributed by atoms with van der Waals surface area (Å²) in [4.78, 5) is 4.89. The van der Waals surface area contributed by atoms with Gasteiger partial charge in [-0.15, -0.1) is 0 Å². The number of nitrogens with zero attached hydrogens (tertiary/aromatic N) is 4. The Balaban J connectivity index is 1.37. The van der Waals surface area contributed by atoms with Gasteiger partial charge in [-0.05, 0) is 22.8 Å². The Hall–Kier alpha value is -4.88. The van der Waals surface area contributed by atoms with Gasteiger partial charge in [-0.3, -0.25) is 4.68 Å². The highest BCUT2D eigenvalue weighted by molar-refractivity contribution is 5.86. The van der Waals surface area contributed by atoms with Crippen LogP contribution in [0.5, 0.6) is 11.5 Å². The first kappa shape index (κ1) is 24.2. The van der Waals surface area contributed by atoms with E-state index in [1.54, 1.807) is 0 Å². The first-order valence-corrected chi connectivity index (χ1v) is 13.4. The molecule has 1 N–H and O–H groups in total. The van der Waals surface area contributed by atoms with Crippen molar-refractivity contribution < 1.29 is 14.6 Å². The van der Waals surface area contributed by atoms with Crippen LogP contribution in [0.25, 0.3) is 10.9 Å². The van der Waals surface area contributed by atoms with Crippen LogP contribution in [-0.4, -0.2) is 37.8 Å². The maximum Gasteiger partial charge on any atom is 0.231 e. The van der Waals surface area contributed by atoms with E-state index in [0.717, 1.165) is 39.0 Å². The van der Waals surface area contributed by atoms with Gasteiger partial charge in [0.1, 0.15) is 5.54 Å². The van der Waals surface area contributed by atoms with Crippen molar-refractivity contribution in [2.24, 2.45) is 0 Å². The van der Waals surface area contributed by atoms with E-state index in [-0.39, 0.29) is 13.4 Å². The summed E-state index contributed by atoms with van der Waals surface area (Å²) in [5, 5.41) is 15.5. The van der Waals surface area contributed by atoms with Crippen LogP contribution in [0.4, 0.5) is 0 Å². The van der Waals surface area contributed by atoms with E-state index < -0.39 is 5.54 Å². The highest BCUT2D eigenvalue weighted by Crippen LogP contribution is 2.41. The molecule has 0 amide bonds. The molecule has 0 atom stereocenters. The number of aliphatic hydroxyl groups is 1. The highest BCUT2D eigenvalue weighted by Gasteiger charge is 2.38. The van der Waals surface area contributed by atoms with E-state index >= 15 is 0 Å². The van der Waals surface area contributed by atoms with Crippen LogP contribution in [0.2, 0.25) is 0 Å². The van der Waals surface area contributed by atoms with E-state index in [2.05, 4.69) is 83.6 Å². The molecule has 0 bridgehead atoms. The first-order chi connectivity index (χ1) is 19.8. The van der Waals surface area contributed by atoms with Crippen molar-refractivity contribution in [1.29, 1.82) is 0 Å². The van der Waals surface area contributed by atoms with Crippen LogP contribution >= 0.6 is 0 Å². The molecule has 0 saturated carbocycles. The number of hydrogen-bond acceptors (Lipinski definition) is 5. The molecular formula is C33H28N4O3. The zero-order chi connectivity index (χ0) is 26.9. The molecule has 40 heavy (non-hydrogen) atoms. The van der Waals surface area contributed by atoms with E-state index in [0.29, 0.717) is 24.5 Å². The van der Waals surface area contributed by atoms with Gasteiger partial charge >= 0.3 is 0 Å². The van der Waals surface area contributed by atoms with Crippen molar-refractivity contribution >= 4 is 10.9 Å². The average Bonchev–Trinajstić information content (AvgIpc) is 3.74. The van der Waals surface area contributed by atoms with Crippen LogP contribution in [0.1, 0.15) is 28.1 Å². The number of hydrogen-bond donors (Lipinski definition) is 1. The topological polar surface area (TPSA) is 74.3 Å². The number of ether oxygens (including phenoxy) is 2. The number of fused-ring (bicyclic) bond motifs is 2. The molecule has 0 spiro atoms. The summed E-state index contributed by atoms with van der Waals surface area (Å²) in [7, 11) is 0. The maximum atomic E-state index is 9.67. The van der Waals surface area contributed by atoms with Gasteiger partial charge in [0.2, 0.25) is 6.79 Å². The molecule has 0 unspecified atom stereocenters. The molecule has 4 aromatic carbocycles. The van der Waals surface area contributed by atoms with Gasteiger partial charge < -0.3 is 19.1 Å². The largest absolute Gasteiger partial charge is 0.454 e.